The number of benzene rings is 2. The summed E-state index contributed by atoms with van der Waals surface area (Å²) >= 11 is 0. The Hall–Kier alpha value is -1.92. The number of hydrogen-bond donors (Lipinski definition) is 0. The highest BCUT2D eigenvalue weighted by Gasteiger charge is 2.33. The third-order valence-electron chi connectivity index (χ3n) is 6.33. The van der Waals surface area contributed by atoms with Gasteiger partial charge in [-0.3, -0.25) is 4.79 Å². The molecular formula is C23H30N2O3S. The molecule has 0 atom stereocenters. The van der Waals surface area contributed by atoms with Crippen LogP contribution in [0.15, 0.2) is 47.4 Å². The number of carbonyl (C=O) groups excluding carboxylic acids is 1. The maximum atomic E-state index is 13.1. The lowest BCUT2D eigenvalue weighted by atomic mass is 9.95. The smallest absolute Gasteiger partial charge is 0.243 e. The third-order valence-corrected chi connectivity index (χ3v) is 8.22. The molecule has 0 spiro atoms. The van der Waals surface area contributed by atoms with Crippen molar-refractivity contribution in [3.8, 4) is 0 Å². The van der Waals surface area contributed by atoms with Crippen LogP contribution in [0.1, 0.15) is 44.9 Å². The zero-order valence-corrected chi connectivity index (χ0v) is 17.7. The molecule has 0 unspecified atom stereocenters. The molecule has 0 bridgehead atoms. The summed E-state index contributed by atoms with van der Waals surface area (Å²) in [6.07, 6.45) is 7.07. The lowest BCUT2D eigenvalue weighted by Gasteiger charge is -2.34. The van der Waals surface area contributed by atoms with Crippen LogP contribution in [0, 0.1) is 5.92 Å². The van der Waals surface area contributed by atoms with Crippen molar-refractivity contribution >= 4 is 26.7 Å². The zero-order valence-electron chi connectivity index (χ0n) is 16.9. The van der Waals surface area contributed by atoms with E-state index in [1.807, 2.05) is 35.2 Å². The normalized spacial score (nSPS) is 20.3. The number of carbonyl (C=O) groups is 1. The Balaban J connectivity index is 1.42. The van der Waals surface area contributed by atoms with Gasteiger partial charge >= 0.3 is 0 Å². The molecule has 6 heteroatoms. The quantitative estimate of drug-likeness (QED) is 0.762. The summed E-state index contributed by atoms with van der Waals surface area (Å²) in [5.74, 6) is 0.187. The molecule has 2 aromatic rings. The molecule has 0 radical (unpaired) electrons. The van der Waals surface area contributed by atoms with Gasteiger partial charge in [0, 0.05) is 32.1 Å². The summed E-state index contributed by atoms with van der Waals surface area (Å²) < 4.78 is 27.8. The first-order valence-electron chi connectivity index (χ1n) is 10.8. The number of piperidine rings is 1. The second-order valence-electron chi connectivity index (χ2n) is 8.28. The van der Waals surface area contributed by atoms with Crippen molar-refractivity contribution in [3.63, 3.8) is 0 Å². The van der Waals surface area contributed by atoms with Gasteiger partial charge in [0.2, 0.25) is 15.9 Å². The number of sulfonamides is 1. The van der Waals surface area contributed by atoms with Crippen LogP contribution in [0.2, 0.25) is 0 Å². The Bertz CT molecular complexity index is 957. The second kappa shape index (κ2) is 8.84. The van der Waals surface area contributed by atoms with E-state index >= 15 is 0 Å². The van der Waals surface area contributed by atoms with Gasteiger partial charge in [0.1, 0.15) is 0 Å². The molecule has 2 fully saturated rings. The zero-order chi connectivity index (χ0) is 20.3. The fourth-order valence-corrected chi connectivity index (χ4v) is 6.05. The minimum absolute atomic E-state index is 0.0440. The van der Waals surface area contributed by atoms with Crippen LogP contribution in [0.3, 0.4) is 0 Å². The fourth-order valence-electron chi connectivity index (χ4n) is 4.55. The summed E-state index contributed by atoms with van der Waals surface area (Å²) in [6, 6.07) is 13.1. The van der Waals surface area contributed by atoms with Crippen molar-refractivity contribution in [2.75, 3.05) is 26.2 Å². The van der Waals surface area contributed by atoms with Gasteiger partial charge in [-0.15, -0.1) is 0 Å². The molecule has 2 heterocycles. The first-order valence-corrected chi connectivity index (χ1v) is 12.3. The lowest BCUT2D eigenvalue weighted by Crippen LogP contribution is -2.45. The molecule has 156 valence electrons. The summed E-state index contributed by atoms with van der Waals surface area (Å²) in [5.41, 5.74) is 0. The van der Waals surface area contributed by atoms with Crippen molar-refractivity contribution in [1.82, 2.24) is 9.21 Å². The van der Waals surface area contributed by atoms with Crippen LogP contribution in [0.4, 0.5) is 0 Å². The molecule has 0 aromatic heterocycles. The Kier molecular flexibility index (Phi) is 6.20. The van der Waals surface area contributed by atoms with Gasteiger partial charge in [-0.05, 0) is 48.6 Å². The minimum Gasteiger partial charge on any atom is -0.342 e. The van der Waals surface area contributed by atoms with E-state index in [0.717, 1.165) is 36.7 Å². The van der Waals surface area contributed by atoms with Crippen LogP contribution in [0.5, 0.6) is 0 Å². The highest BCUT2D eigenvalue weighted by Crippen LogP contribution is 2.27. The number of likely N-dealkylation sites (tertiary alicyclic amines) is 1. The molecule has 1 amide bonds. The maximum absolute atomic E-state index is 13.1. The molecule has 29 heavy (non-hydrogen) atoms. The molecule has 4 rings (SSSR count). The summed E-state index contributed by atoms with van der Waals surface area (Å²) in [5, 5.41) is 1.96. The van der Waals surface area contributed by atoms with Gasteiger partial charge in [0.25, 0.3) is 0 Å². The molecule has 2 saturated heterocycles. The lowest BCUT2D eigenvalue weighted by molar-refractivity contribution is -0.137. The van der Waals surface area contributed by atoms with Crippen LogP contribution in [-0.2, 0) is 14.8 Å². The molecule has 2 aromatic carbocycles. The van der Waals surface area contributed by atoms with E-state index in [1.54, 1.807) is 16.4 Å². The van der Waals surface area contributed by atoms with E-state index < -0.39 is 10.0 Å². The summed E-state index contributed by atoms with van der Waals surface area (Å²) in [4.78, 5) is 15.3. The Morgan fingerprint density at radius 2 is 1.41 bits per heavy atom. The van der Waals surface area contributed by atoms with Crippen molar-refractivity contribution in [2.45, 2.75) is 49.8 Å². The minimum atomic E-state index is -3.53. The number of fused-ring (bicyclic) bond motifs is 1. The van der Waals surface area contributed by atoms with Gasteiger partial charge in [-0.1, -0.05) is 49.6 Å². The maximum Gasteiger partial charge on any atom is 0.243 e. The van der Waals surface area contributed by atoms with Crippen LogP contribution in [0.25, 0.3) is 10.8 Å². The monoisotopic (exact) mass is 414 g/mol. The van der Waals surface area contributed by atoms with E-state index in [9.17, 15) is 13.2 Å². The van der Waals surface area contributed by atoms with Crippen molar-refractivity contribution in [3.05, 3.63) is 42.5 Å². The summed E-state index contributed by atoms with van der Waals surface area (Å²) in [7, 11) is -3.53. The van der Waals surface area contributed by atoms with Gasteiger partial charge in [-0.25, -0.2) is 8.42 Å². The predicted octanol–water partition coefficient (Wildman–Crippen LogP) is 4.03. The van der Waals surface area contributed by atoms with Crippen molar-refractivity contribution in [2.24, 2.45) is 5.92 Å². The Labute approximate surface area is 173 Å². The fraction of sp³-hybridized carbons (Fsp3) is 0.522. The van der Waals surface area contributed by atoms with Gasteiger partial charge in [-0.2, -0.15) is 4.31 Å². The van der Waals surface area contributed by atoms with Crippen LogP contribution >= 0.6 is 0 Å². The van der Waals surface area contributed by atoms with Crippen LogP contribution < -0.4 is 0 Å². The summed E-state index contributed by atoms with van der Waals surface area (Å²) in [6.45, 7) is 2.54. The predicted molar refractivity (Wildman–Crippen MR) is 115 cm³/mol. The molecule has 0 N–H and O–H groups in total. The molecule has 2 aliphatic heterocycles. The third kappa shape index (κ3) is 4.48. The van der Waals surface area contributed by atoms with E-state index in [4.69, 9.17) is 0 Å². The highest BCUT2D eigenvalue weighted by molar-refractivity contribution is 7.89. The van der Waals surface area contributed by atoms with Crippen LogP contribution in [-0.4, -0.2) is 49.7 Å². The largest absolute Gasteiger partial charge is 0.342 e. The standard InChI is InChI=1S/C23H30N2O3S/c26-23(24-14-6-2-1-3-7-15-24)20-12-16-25(17-13-20)29(27,28)22-11-10-19-8-4-5-9-21(19)18-22/h4-5,8-11,18,20H,1-3,6-7,12-17H2. The van der Waals surface area contributed by atoms with E-state index in [-0.39, 0.29) is 11.8 Å². The Morgan fingerprint density at radius 3 is 2.10 bits per heavy atom. The first kappa shape index (κ1) is 20.4. The molecule has 5 nitrogen and oxygen atoms in total. The number of hydrogen-bond acceptors (Lipinski definition) is 3. The second-order valence-corrected chi connectivity index (χ2v) is 10.2. The molecule has 0 aliphatic carbocycles. The van der Waals surface area contributed by atoms with Gasteiger partial charge < -0.3 is 4.90 Å². The SMILES string of the molecule is O=C(C1CCN(S(=O)(=O)c2ccc3ccccc3c2)CC1)N1CCCCCCC1. The number of rotatable bonds is 3. The molecular weight excluding hydrogens is 384 g/mol. The van der Waals surface area contributed by atoms with Crippen molar-refractivity contribution < 1.29 is 13.2 Å². The van der Waals surface area contributed by atoms with Gasteiger partial charge in [0.05, 0.1) is 4.90 Å². The topological polar surface area (TPSA) is 57.7 Å². The van der Waals surface area contributed by atoms with E-state index in [0.29, 0.717) is 30.8 Å². The van der Waals surface area contributed by atoms with E-state index in [1.165, 1.54) is 19.3 Å². The molecule has 2 aliphatic rings. The average Bonchev–Trinajstić information content (AvgIpc) is 2.73. The van der Waals surface area contributed by atoms with Crippen molar-refractivity contribution in [1.29, 1.82) is 0 Å². The first-order chi connectivity index (χ1) is 14.1. The number of nitrogens with zero attached hydrogens (tertiary/aromatic N) is 2. The number of amides is 1. The molecule has 0 saturated carbocycles. The highest BCUT2D eigenvalue weighted by atomic mass is 32.2. The average molecular weight is 415 g/mol. The van der Waals surface area contributed by atoms with E-state index in [2.05, 4.69) is 0 Å². The Morgan fingerprint density at radius 1 is 0.793 bits per heavy atom. The van der Waals surface area contributed by atoms with Gasteiger partial charge in [0.15, 0.2) is 0 Å².